The third kappa shape index (κ3) is 6.89. The number of nitrogens with one attached hydrogen (secondary N) is 3. The summed E-state index contributed by atoms with van der Waals surface area (Å²) in [5, 5.41) is 10.1. The Hall–Kier alpha value is -6.81. The highest BCUT2D eigenvalue weighted by molar-refractivity contribution is 6.02. The standard InChI is InChI=1S/C41H38N8O5/c1-23(2)29-17-27(19-35-37(29)49(4)41(53)48(35)3)28-10-6-9-25-18-33(44-22-30(25)28)26-11-12-31(43-21-26)38(51)42-15-7-8-24-16-34(40(54-5)45-20-24)46-32-13-14-36(50)47-39(32)52/h6,9-12,16-23,32,46H,13-15H2,1-5H3,(H,42,51)(H,47,50,52). The molecule has 6 aromatic rings. The van der Waals surface area contributed by atoms with Crippen LogP contribution in [-0.4, -0.2) is 61.5 Å². The molecule has 4 aromatic heterocycles. The van der Waals surface area contributed by atoms with Crippen LogP contribution in [0.4, 0.5) is 5.69 Å². The van der Waals surface area contributed by atoms with Gasteiger partial charge >= 0.3 is 5.69 Å². The van der Waals surface area contributed by atoms with Crippen molar-refractivity contribution in [2.75, 3.05) is 19.0 Å². The minimum atomic E-state index is -0.608. The highest BCUT2D eigenvalue weighted by atomic mass is 16.5. The summed E-state index contributed by atoms with van der Waals surface area (Å²) in [5.41, 5.74) is 7.64. The molecular formula is C41H38N8O5. The summed E-state index contributed by atoms with van der Waals surface area (Å²) >= 11 is 0. The van der Waals surface area contributed by atoms with Crippen LogP contribution in [0.25, 0.3) is 44.2 Å². The zero-order valence-electron chi connectivity index (χ0n) is 30.5. The zero-order valence-corrected chi connectivity index (χ0v) is 30.5. The molecule has 0 saturated carbocycles. The molecule has 1 aliphatic rings. The molecule has 13 heteroatoms. The molecule has 3 N–H and O–H groups in total. The Morgan fingerprint density at radius 2 is 1.81 bits per heavy atom. The van der Waals surface area contributed by atoms with Gasteiger partial charge in [-0.15, -0.1) is 0 Å². The number of imide groups is 1. The lowest BCUT2D eigenvalue weighted by molar-refractivity contribution is -0.133. The minimum Gasteiger partial charge on any atom is -0.480 e. The van der Waals surface area contributed by atoms with Crippen molar-refractivity contribution >= 4 is 45.2 Å². The van der Waals surface area contributed by atoms with E-state index in [4.69, 9.17) is 9.72 Å². The van der Waals surface area contributed by atoms with Crippen molar-refractivity contribution in [1.29, 1.82) is 0 Å². The van der Waals surface area contributed by atoms with Gasteiger partial charge in [-0.25, -0.2) is 9.78 Å². The van der Waals surface area contributed by atoms with E-state index >= 15 is 0 Å². The molecule has 5 heterocycles. The van der Waals surface area contributed by atoms with Gasteiger partial charge in [-0.05, 0) is 70.8 Å². The number of aromatic nitrogens is 5. The summed E-state index contributed by atoms with van der Waals surface area (Å²) in [6.07, 6.45) is 5.59. The molecule has 13 nitrogen and oxygen atoms in total. The van der Waals surface area contributed by atoms with E-state index in [0.29, 0.717) is 23.4 Å². The fraction of sp³-hybridized carbons (Fsp3) is 0.244. The van der Waals surface area contributed by atoms with Crippen LogP contribution in [0.15, 0.2) is 78.0 Å². The van der Waals surface area contributed by atoms with E-state index < -0.39 is 11.9 Å². The third-order valence-electron chi connectivity index (χ3n) is 9.56. The van der Waals surface area contributed by atoms with Gasteiger partial charge in [0.25, 0.3) is 5.91 Å². The molecule has 1 unspecified atom stereocenters. The van der Waals surface area contributed by atoms with Gasteiger partial charge in [0.15, 0.2) is 0 Å². The number of nitrogens with zero attached hydrogens (tertiary/aromatic N) is 5. The average molecular weight is 723 g/mol. The van der Waals surface area contributed by atoms with Gasteiger partial charge in [0.1, 0.15) is 11.7 Å². The first-order valence-corrected chi connectivity index (χ1v) is 17.5. The maximum absolute atomic E-state index is 12.9. The Kier molecular flexibility index (Phi) is 9.67. The largest absolute Gasteiger partial charge is 0.480 e. The summed E-state index contributed by atoms with van der Waals surface area (Å²) in [7, 11) is 5.09. The van der Waals surface area contributed by atoms with Crippen LogP contribution in [0, 0.1) is 11.8 Å². The van der Waals surface area contributed by atoms with Crippen LogP contribution in [0.1, 0.15) is 54.2 Å². The molecule has 1 fully saturated rings. The topological polar surface area (TPSA) is 162 Å². The van der Waals surface area contributed by atoms with E-state index in [1.165, 1.54) is 13.3 Å². The van der Waals surface area contributed by atoms with Crippen molar-refractivity contribution in [3.8, 4) is 40.1 Å². The van der Waals surface area contributed by atoms with Crippen molar-refractivity contribution in [1.82, 2.24) is 34.7 Å². The monoisotopic (exact) mass is 722 g/mol. The van der Waals surface area contributed by atoms with Crippen LogP contribution in [0.5, 0.6) is 5.88 Å². The Balaban J connectivity index is 1.04. The first-order valence-electron chi connectivity index (χ1n) is 17.5. The predicted octanol–water partition coefficient (Wildman–Crippen LogP) is 4.68. The van der Waals surface area contributed by atoms with Crippen molar-refractivity contribution in [3.05, 3.63) is 100 Å². The number of hydrogen-bond acceptors (Lipinski definition) is 9. The Labute approximate surface area is 310 Å². The minimum absolute atomic E-state index is 0.0559. The summed E-state index contributed by atoms with van der Waals surface area (Å²) in [6.45, 7) is 4.33. The van der Waals surface area contributed by atoms with Crippen LogP contribution in [0.3, 0.4) is 0 Å². The molecule has 2 aromatic carbocycles. The van der Waals surface area contributed by atoms with Crippen molar-refractivity contribution in [3.63, 3.8) is 0 Å². The summed E-state index contributed by atoms with van der Waals surface area (Å²) < 4.78 is 8.72. The summed E-state index contributed by atoms with van der Waals surface area (Å²) in [6, 6.07) is 16.9. The molecular weight excluding hydrogens is 685 g/mol. The molecule has 1 aliphatic heterocycles. The SMILES string of the molecule is COc1ncc(C#CCNC(=O)c2ccc(-c3cc4cccc(-c5cc(C(C)C)c6c(c5)n(C)c(=O)n6C)c4cn3)cn2)cc1NC1CCC(=O)NC1=O. The molecule has 272 valence electrons. The lowest BCUT2D eigenvalue weighted by Gasteiger charge is -2.23. The molecule has 0 spiro atoms. The second-order valence-electron chi connectivity index (χ2n) is 13.4. The first-order chi connectivity index (χ1) is 26.0. The number of amides is 3. The number of pyridine rings is 3. The number of fused-ring (bicyclic) bond motifs is 2. The number of aryl methyl sites for hydroxylation is 2. The van der Waals surface area contributed by atoms with Gasteiger partial charge in [0.2, 0.25) is 17.7 Å². The predicted molar refractivity (Wildman–Crippen MR) is 206 cm³/mol. The number of methoxy groups -OCH3 is 1. The summed E-state index contributed by atoms with van der Waals surface area (Å²) in [4.78, 5) is 62.8. The summed E-state index contributed by atoms with van der Waals surface area (Å²) in [5.74, 6) is 5.28. The fourth-order valence-electron chi connectivity index (χ4n) is 6.71. The number of hydrogen-bond donors (Lipinski definition) is 3. The Bertz CT molecular complexity index is 2600. The molecule has 3 amide bonds. The van der Waals surface area contributed by atoms with E-state index in [0.717, 1.165) is 44.1 Å². The number of rotatable bonds is 8. The highest BCUT2D eigenvalue weighted by Crippen LogP contribution is 2.35. The van der Waals surface area contributed by atoms with Crippen LogP contribution >= 0.6 is 0 Å². The number of benzene rings is 2. The maximum Gasteiger partial charge on any atom is 0.328 e. The number of ether oxygens (including phenoxy) is 1. The fourth-order valence-corrected chi connectivity index (χ4v) is 6.71. The van der Waals surface area contributed by atoms with Crippen LogP contribution < -0.4 is 26.4 Å². The molecule has 0 radical (unpaired) electrons. The Morgan fingerprint density at radius 3 is 2.56 bits per heavy atom. The number of carbonyl (C=O) groups excluding carboxylic acids is 3. The molecule has 54 heavy (non-hydrogen) atoms. The van der Waals surface area contributed by atoms with Gasteiger partial charge in [0.05, 0.1) is 36.1 Å². The zero-order chi connectivity index (χ0) is 38.1. The lowest BCUT2D eigenvalue weighted by Crippen LogP contribution is -2.47. The smallest absolute Gasteiger partial charge is 0.328 e. The molecule has 1 saturated heterocycles. The van der Waals surface area contributed by atoms with Crippen LogP contribution in [0.2, 0.25) is 0 Å². The molecule has 7 rings (SSSR count). The van der Waals surface area contributed by atoms with Gasteiger partial charge in [-0.3, -0.25) is 38.8 Å². The van der Waals surface area contributed by atoms with Gasteiger partial charge < -0.3 is 15.4 Å². The quantitative estimate of drug-likeness (QED) is 0.150. The van der Waals surface area contributed by atoms with Crippen molar-refractivity contribution < 1.29 is 19.1 Å². The number of anilines is 1. The second-order valence-corrected chi connectivity index (χ2v) is 13.4. The lowest BCUT2D eigenvalue weighted by atomic mass is 9.93. The van der Waals surface area contributed by atoms with E-state index in [1.54, 1.807) is 34.5 Å². The van der Waals surface area contributed by atoms with E-state index in [-0.39, 0.29) is 48.0 Å². The molecule has 0 bridgehead atoms. The normalized spacial score (nSPS) is 14.1. The number of piperidine rings is 1. The van der Waals surface area contributed by atoms with Crippen molar-refractivity contribution in [2.24, 2.45) is 14.1 Å². The number of carbonyl (C=O) groups is 3. The van der Waals surface area contributed by atoms with Crippen molar-refractivity contribution in [2.45, 2.75) is 38.6 Å². The number of imidazole rings is 1. The van der Waals surface area contributed by atoms with Gasteiger partial charge in [0, 0.05) is 55.6 Å². The van der Waals surface area contributed by atoms with E-state index in [9.17, 15) is 19.2 Å². The van der Waals surface area contributed by atoms with Gasteiger partial charge in [-0.1, -0.05) is 43.9 Å². The highest BCUT2D eigenvalue weighted by Gasteiger charge is 2.27. The third-order valence-corrected chi connectivity index (χ3v) is 9.56. The molecule has 1 atom stereocenters. The van der Waals surface area contributed by atoms with Gasteiger partial charge in [-0.2, -0.15) is 0 Å². The van der Waals surface area contributed by atoms with E-state index in [1.807, 2.05) is 37.5 Å². The Morgan fingerprint density at radius 1 is 0.981 bits per heavy atom. The van der Waals surface area contributed by atoms with E-state index in [2.05, 4.69) is 69.8 Å². The first kappa shape index (κ1) is 35.6. The second kappa shape index (κ2) is 14.7. The molecule has 0 aliphatic carbocycles. The van der Waals surface area contributed by atoms with Crippen LogP contribution in [-0.2, 0) is 23.7 Å². The average Bonchev–Trinajstić information content (AvgIpc) is 3.40. The maximum atomic E-state index is 12.9.